The number of likely N-dealkylation sites (tertiary alicyclic amines) is 1. The number of hydrogen-bond donors (Lipinski definition) is 0. The third-order valence-corrected chi connectivity index (χ3v) is 7.34. The maximum Gasteiger partial charge on any atom is 0.233 e. The molecular weight excluding hydrogens is 409 g/mol. The van der Waals surface area contributed by atoms with E-state index in [0.717, 1.165) is 37.7 Å². The van der Waals surface area contributed by atoms with Gasteiger partial charge in [-0.2, -0.15) is 0 Å². The summed E-state index contributed by atoms with van der Waals surface area (Å²) in [7, 11) is 0. The molecule has 0 N–H and O–H groups in total. The van der Waals surface area contributed by atoms with Crippen LogP contribution in [-0.2, 0) is 19.7 Å². The Labute approximate surface area is 188 Å². The number of carbonyl (C=O) groups is 1. The molecule has 1 spiro atoms. The maximum absolute atomic E-state index is 13.8. The van der Waals surface area contributed by atoms with Gasteiger partial charge in [-0.25, -0.2) is 4.39 Å². The largest absolute Gasteiger partial charge is 0.488 e. The Morgan fingerprint density at radius 1 is 0.969 bits per heavy atom. The highest BCUT2D eigenvalue weighted by Crippen LogP contribution is 2.41. The molecule has 0 unspecified atom stereocenters. The van der Waals surface area contributed by atoms with Crippen molar-refractivity contribution in [1.82, 2.24) is 4.90 Å². The normalized spacial score (nSPS) is 24.4. The van der Waals surface area contributed by atoms with Gasteiger partial charge in [-0.3, -0.25) is 4.79 Å². The van der Waals surface area contributed by atoms with E-state index in [4.69, 9.17) is 14.2 Å². The number of amides is 1. The summed E-state index contributed by atoms with van der Waals surface area (Å²) in [5, 5.41) is 0. The lowest BCUT2D eigenvalue weighted by Crippen LogP contribution is -2.54. The Bertz CT molecular complexity index is 919. The fraction of sp³-hybridized carbons (Fsp3) is 0.500. The smallest absolute Gasteiger partial charge is 0.233 e. The Balaban J connectivity index is 1.23. The summed E-state index contributed by atoms with van der Waals surface area (Å²) in [5.41, 5.74) is 0.365. The van der Waals surface area contributed by atoms with Gasteiger partial charge in [-0.15, -0.1) is 0 Å². The summed E-state index contributed by atoms with van der Waals surface area (Å²) < 4.78 is 31.0. The van der Waals surface area contributed by atoms with E-state index in [1.807, 2.05) is 23.1 Å². The van der Waals surface area contributed by atoms with Crippen LogP contribution < -0.4 is 4.74 Å². The fourth-order valence-corrected chi connectivity index (χ4v) is 5.46. The topological polar surface area (TPSA) is 48.0 Å². The van der Waals surface area contributed by atoms with E-state index in [1.165, 1.54) is 12.1 Å². The first kappa shape index (κ1) is 21.4. The van der Waals surface area contributed by atoms with Crippen LogP contribution in [0, 0.1) is 5.82 Å². The Kier molecular flexibility index (Phi) is 5.91. The lowest BCUT2D eigenvalue weighted by atomic mass is 9.72. The summed E-state index contributed by atoms with van der Waals surface area (Å²) in [4.78, 5) is 15.8. The molecule has 0 aliphatic carbocycles. The molecule has 0 saturated carbocycles. The molecule has 170 valence electrons. The van der Waals surface area contributed by atoms with Crippen LogP contribution >= 0.6 is 0 Å². The minimum atomic E-state index is -0.491. The number of benzene rings is 2. The number of rotatable bonds is 4. The monoisotopic (exact) mass is 439 g/mol. The highest BCUT2D eigenvalue weighted by atomic mass is 19.1. The summed E-state index contributed by atoms with van der Waals surface area (Å²) >= 11 is 0. The number of piperidine rings is 1. The number of carbonyl (C=O) groups excluding carboxylic acids is 1. The van der Waals surface area contributed by atoms with Crippen LogP contribution in [-0.4, -0.2) is 55.4 Å². The Morgan fingerprint density at radius 2 is 1.66 bits per heavy atom. The minimum Gasteiger partial charge on any atom is -0.488 e. The van der Waals surface area contributed by atoms with E-state index >= 15 is 0 Å². The van der Waals surface area contributed by atoms with Crippen LogP contribution in [0.15, 0.2) is 54.6 Å². The van der Waals surface area contributed by atoms with Gasteiger partial charge in [0.15, 0.2) is 0 Å². The molecule has 3 aliphatic heterocycles. The van der Waals surface area contributed by atoms with Gasteiger partial charge in [-0.1, -0.05) is 30.3 Å². The van der Waals surface area contributed by atoms with Gasteiger partial charge >= 0.3 is 0 Å². The summed E-state index contributed by atoms with van der Waals surface area (Å²) in [6, 6.07) is 16.3. The van der Waals surface area contributed by atoms with Crippen molar-refractivity contribution in [3.63, 3.8) is 0 Å². The SMILES string of the molecule is O=C(N1CCC2(CC1)C[C@@H](Oc1ccc(F)cc1)CO2)C1(c2ccccc2)CCOCC1. The zero-order chi connectivity index (χ0) is 22.0. The van der Waals surface area contributed by atoms with Crippen LogP contribution in [0.25, 0.3) is 0 Å². The van der Waals surface area contributed by atoms with Crippen molar-refractivity contribution >= 4 is 5.91 Å². The van der Waals surface area contributed by atoms with Gasteiger partial charge < -0.3 is 19.1 Å². The summed E-state index contributed by atoms with van der Waals surface area (Å²) in [6.45, 7) is 3.14. The maximum atomic E-state index is 13.8. The van der Waals surface area contributed by atoms with E-state index in [0.29, 0.717) is 38.7 Å². The molecule has 0 radical (unpaired) electrons. The first-order valence-electron chi connectivity index (χ1n) is 11.6. The highest BCUT2D eigenvalue weighted by molar-refractivity contribution is 5.88. The zero-order valence-corrected chi connectivity index (χ0v) is 18.3. The van der Waals surface area contributed by atoms with Crippen molar-refractivity contribution in [2.75, 3.05) is 32.9 Å². The molecule has 3 heterocycles. The third kappa shape index (κ3) is 4.14. The van der Waals surface area contributed by atoms with Gasteiger partial charge in [0.25, 0.3) is 0 Å². The van der Waals surface area contributed by atoms with Gasteiger partial charge in [-0.05, 0) is 55.5 Å². The predicted octanol–water partition coefficient (Wildman–Crippen LogP) is 4.10. The second kappa shape index (κ2) is 8.83. The lowest BCUT2D eigenvalue weighted by molar-refractivity contribution is -0.146. The predicted molar refractivity (Wildman–Crippen MR) is 118 cm³/mol. The van der Waals surface area contributed by atoms with Crippen LogP contribution in [0.1, 0.15) is 37.7 Å². The second-order valence-electron chi connectivity index (χ2n) is 9.24. The van der Waals surface area contributed by atoms with Crippen molar-refractivity contribution in [3.05, 3.63) is 66.0 Å². The molecule has 2 aromatic rings. The minimum absolute atomic E-state index is 0.0473. The molecule has 32 heavy (non-hydrogen) atoms. The van der Waals surface area contributed by atoms with E-state index in [2.05, 4.69) is 12.1 Å². The standard InChI is InChI=1S/C26H30FNO4/c27-21-6-8-22(9-7-21)32-23-18-25(31-19-23)10-14-28(15-11-25)24(29)26(12-16-30-17-13-26)20-4-2-1-3-5-20/h1-9,23H,10-19H2/t23-/m1/s1. The van der Waals surface area contributed by atoms with E-state index in [9.17, 15) is 9.18 Å². The first-order valence-corrected chi connectivity index (χ1v) is 11.6. The van der Waals surface area contributed by atoms with Gasteiger partial charge in [0.1, 0.15) is 17.7 Å². The molecule has 6 heteroatoms. The van der Waals surface area contributed by atoms with Gasteiger partial charge in [0.2, 0.25) is 5.91 Å². The van der Waals surface area contributed by atoms with Crippen molar-refractivity contribution in [2.24, 2.45) is 0 Å². The number of halogens is 1. The average molecular weight is 440 g/mol. The molecule has 5 rings (SSSR count). The molecule has 3 fully saturated rings. The highest BCUT2D eigenvalue weighted by Gasteiger charge is 2.48. The molecule has 0 aromatic heterocycles. The van der Waals surface area contributed by atoms with E-state index in [-0.39, 0.29) is 23.4 Å². The van der Waals surface area contributed by atoms with Crippen molar-refractivity contribution < 1.29 is 23.4 Å². The molecule has 1 amide bonds. The third-order valence-electron chi connectivity index (χ3n) is 7.34. The molecule has 2 aromatic carbocycles. The summed E-state index contributed by atoms with van der Waals surface area (Å²) in [5.74, 6) is 0.610. The van der Waals surface area contributed by atoms with E-state index < -0.39 is 5.41 Å². The van der Waals surface area contributed by atoms with Crippen molar-refractivity contribution in [2.45, 2.75) is 49.2 Å². The molecule has 0 bridgehead atoms. The number of nitrogens with zero attached hydrogens (tertiary/aromatic N) is 1. The molecule has 1 atom stereocenters. The number of hydrogen-bond acceptors (Lipinski definition) is 4. The van der Waals surface area contributed by atoms with Crippen LogP contribution in [0.2, 0.25) is 0 Å². The molecular formula is C26H30FNO4. The average Bonchev–Trinajstić information content (AvgIpc) is 3.23. The van der Waals surface area contributed by atoms with Crippen molar-refractivity contribution in [3.8, 4) is 5.75 Å². The second-order valence-corrected chi connectivity index (χ2v) is 9.24. The van der Waals surface area contributed by atoms with Crippen LogP contribution in [0.4, 0.5) is 4.39 Å². The summed E-state index contributed by atoms with van der Waals surface area (Å²) in [6.07, 6.45) is 3.81. The fourth-order valence-electron chi connectivity index (χ4n) is 5.46. The van der Waals surface area contributed by atoms with Crippen LogP contribution in [0.3, 0.4) is 0 Å². The molecule has 3 saturated heterocycles. The van der Waals surface area contributed by atoms with Crippen molar-refractivity contribution in [1.29, 1.82) is 0 Å². The Morgan fingerprint density at radius 3 is 2.34 bits per heavy atom. The molecule has 5 nitrogen and oxygen atoms in total. The van der Waals surface area contributed by atoms with Gasteiger partial charge in [0, 0.05) is 32.7 Å². The van der Waals surface area contributed by atoms with E-state index in [1.54, 1.807) is 12.1 Å². The molecule has 3 aliphatic rings. The van der Waals surface area contributed by atoms with Crippen LogP contribution in [0.5, 0.6) is 5.75 Å². The number of ether oxygens (including phenoxy) is 3. The first-order chi connectivity index (χ1) is 15.6. The van der Waals surface area contributed by atoms with Gasteiger partial charge in [0.05, 0.1) is 17.6 Å². The lowest BCUT2D eigenvalue weighted by Gasteiger charge is -2.44. The quantitative estimate of drug-likeness (QED) is 0.720. The Hall–Kier alpha value is -2.44. The zero-order valence-electron chi connectivity index (χ0n) is 18.3.